The second-order valence-corrected chi connectivity index (χ2v) is 3.49. The minimum atomic E-state index is -1.14. The van der Waals surface area contributed by atoms with E-state index in [0.717, 1.165) is 13.0 Å². The van der Waals surface area contributed by atoms with Crippen molar-refractivity contribution in [3.05, 3.63) is 29.3 Å². The average molecular weight is 236 g/mol. The van der Waals surface area contributed by atoms with E-state index in [1.54, 1.807) is 0 Å². The molecular formula is C10H12ClF2NO. The zero-order valence-electron chi connectivity index (χ0n) is 7.96. The summed E-state index contributed by atoms with van der Waals surface area (Å²) in [5.74, 6) is -2.67. The smallest absolute Gasteiger partial charge is 0.200 e. The molecule has 2 rings (SSSR count). The highest BCUT2D eigenvalue weighted by Gasteiger charge is 2.22. The van der Waals surface area contributed by atoms with Gasteiger partial charge in [0.05, 0.1) is 0 Å². The van der Waals surface area contributed by atoms with E-state index in [9.17, 15) is 8.78 Å². The van der Waals surface area contributed by atoms with Gasteiger partial charge in [-0.15, -0.1) is 12.4 Å². The molecule has 0 amide bonds. The van der Waals surface area contributed by atoms with Gasteiger partial charge in [-0.2, -0.15) is 4.39 Å². The molecule has 1 aromatic carbocycles. The van der Waals surface area contributed by atoms with Gasteiger partial charge >= 0.3 is 0 Å². The monoisotopic (exact) mass is 235 g/mol. The Morgan fingerprint density at radius 3 is 2.60 bits per heavy atom. The first-order chi connectivity index (χ1) is 6.70. The van der Waals surface area contributed by atoms with Crippen molar-refractivity contribution in [3.63, 3.8) is 0 Å². The third kappa shape index (κ3) is 2.21. The van der Waals surface area contributed by atoms with Crippen molar-refractivity contribution in [2.24, 2.45) is 0 Å². The summed E-state index contributed by atoms with van der Waals surface area (Å²) in [6.07, 6.45) is 0.807. The molecule has 2 N–H and O–H groups in total. The number of benzene rings is 1. The molecule has 15 heavy (non-hydrogen) atoms. The molecule has 1 aliphatic rings. The van der Waals surface area contributed by atoms with Gasteiger partial charge in [0.1, 0.15) is 0 Å². The van der Waals surface area contributed by atoms with E-state index < -0.39 is 17.4 Å². The number of phenolic OH excluding ortho intramolecular Hbond substituents is 1. The number of hydrogen-bond acceptors (Lipinski definition) is 2. The summed E-state index contributed by atoms with van der Waals surface area (Å²) in [5.41, 5.74) is 0.352. The summed E-state index contributed by atoms with van der Waals surface area (Å²) in [5, 5.41) is 12.0. The predicted octanol–water partition coefficient (Wildman–Crippen LogP) is 2.17. The average Bonchev–Trinajstić information content (AvgIpc) is 2.67. The SMILES string of the molecule is Cl.Oc1ccc(C2CCNC2)c(F)c1F. The van der Waals surface area contributed by atoms with Crippen molar-refractivity contribution in [3.8, 4) is 5.75 Å². The van der Waals surface area contributed by atoms with Crippen LogP contribution in [0.4, 0.5) is 8.78 Å². The number of aromatic hydroxyl groups is 1. The van der Waals surface area contributed by atoms with Gasteiger partial charge in [0, 0.05) is 12.5 Å². The van der Waals surface area contributed by atoms with Crippen LogP contribution in [0.25, 0.3) is 0 Å². The zero-order valence-corrected chi connectivity index (χ0v) is 8.78. The number of hydrogen-bond donors (Lipinski definition) is 2. The first-order valence-corrected chi connectivity index (χ1v) is 4.57. The van der Waals surface area contributed by atoms with E-state index in [0.29, 0.717) is 12.1 Å². The Hall–Kier alpha value is -0.870. The maximum absolute atomic E-state index is 13.4. The summed E-state index contributed by atoms with van der Waals surface area (Å²) in [7, 11) is 0. The van der Waals surface area contributed by atoms with Gasteiger partial charge in [0.2, 0.25) is 5.82 Å². The van der Waals surface area contributed by atoms with Crippen LogP contribution in [0.2, 0.25) is 0 Å². The van der Waals surface area contributed by atoms with Gasteiger partial charge in [0.15, 0.2) is 11.6 Å². The highest BCUT2D eigenvalue weighted by atomic mass is 35.5. The lowest BCUT2D eigenvalue weighted by molar-refractivity contribution is 0.402. The molecule has 0 bridgehead atoms. The Labute approximate surface area is 92.7 Å². The number of halogens is 3. The lowest BCUT2D eigenvalue weighted by Gasteiger charge is -2.10. The van der Waals surface area contributed by atoms with Crippen molar-refractivity contribution in [1.82, 2.24) is 5.32 Å². The van der Waals surface area contributed by atoms with Gasteiger partial charge < -0.3 is 10.4 Å². The molecule has 2 nitrogen and oxygen atoms in total. The Kier molecular flexibility index (Phi) is 3.88. The maximum Gasteiger partial charge on any atom is 0.200 e. The van der Waals surface area contributed by atoms with E-state index in [4.69, 9.17) is 5.11 Å². The summed E-state index contributed by atoms with van der Waals surface area (Å²) >= 11 is 0. The summed E-state index contributed by atoms with van der Waals surface area (Å²) in [6, 6.07) is 2.65. The summed E-state index contributed by atoms with van der Waals surface area (Å²) < 4.78 is 26.4. The van der Waals surface area contributed by atoms with E-state index >= 15 is 0 Å². The van der Waals surface area contributed by atoms with Crippen molar-refractivity contribution in [2.45, 2.75) is 12.3 Å². The first kappa shape index (κ1) is 12.2. The fraction of sp³-hybridized carbons (Fsp3) is 0.400. The number of rotatable bonds is 1. The van der Waals surface area contributed by atoms with Gasteiger partial charge in [-0.25, -0.2) is 4.39 Å². The Morgan fingerprint density at radius 2 is 2.00 bits per heavy atom. The van der Waals surface area contributed by atoms with Crippen LogP contribution in [0, 0.1) is 11.6 Å². The molecule has 0 aliphatic carbocycles. The fourth-order valence-corrected chi connectivity index (χ4v) is 1.79. The molecule has 1 unspecified atom stereocenters. The van der Waals surface area contributed by atoms with Crippen molar-refractivity contribution < 1.29 is 13.9 Å². The van der Waals surface area contributed by atoms with E-state index in [-0.39, 0.29) is 18.3 Å². The molecular weight excluding hydrogens is 224 g/mol. The lowest BCUT2D eigenvalue weighted by atomic mass is 9.97. The number of phenols is 1. The van der Waals surface area contributed by atoms with Crippen LogP contribution >= 0.6 is 12.4 Å². The molecule has 0 spiro atoms. The predicted molar refractivity (Wildman–Crippen MR) is 55.5 cm³/mol. The van der Waals surface area contributed by atoms with Crippen molar-refractivity contribution in [2.75, 3.05) is 13.1 Å². The molecule has 1 aromatic rings. The van der Waals surface area contributed by atoms with Crippen LogP contribution in [-0.2, 0) is 0 Å². The van der Waals surface area contributed by atoms with E-state index in [1.807, 2.05) is 0 Å². The molecule has 1 fully saturated rings. The molecule has 84 valence electrons. The highest BCUT2D eigenvalue weighted by molar-refractivity contribution is 5.85. The van der Waals surface area contributed by atoms with Gasteiger partial charge in [0.25, 0.3) is 0 Å². The van der Waals surface area contributed by atoms with Crippen molar-refractivity contribution >= 4 is 12.4 Å². The third-order valence-corrected chi connectivity index (χ3v) is 2.59. The fourth-order valence-electron chi connectivity index (χ4n) is 1.79. The normalized spacial score (nSPS) is 20.0. The second kappa shape index (κ2) is 4.77. The number of nitrogens with one attached hydrogen (secondary N) is 1. The molecule has 0 aromatic heterocycles. The van der Waals surface area contributed by atoms with Crippen molar-refractivity contribution in [1.29, 1.82) is 0 Å². The van der Waals surface area contributed by atoms with E-state index in [2.05, 4.69) is 5.32 Å². The van der Waals surface area contributed by atoms with Gasteiger partial charge in [-0.1, -0.05) is 6.07 Å². The topological polar surface area (TPSA) is 32.3 Å². The molecule has 1 saturated heterocycles. The van der Waals surface area contributed by atoms with Crippen LogP contribution in [0.15, 0.2) is 12.1 Å². The highest BCUT2D eigenvalue weighted by Crippen LogP contribution is 2.29. The minimum Gasteiger partial charge on any atom is -0.505 e. The summed E-state index contributed by atoms with van der Waals surface area (Å²) in [4.78, 5) is 0. The molecule has 0 saturated carbocycles. The Bertz CT molecular complexity index is 354. The van der Waals surface area contributed by atoms with E-state index in [1.165, 1.54) is 12.1 Å². The molecule has 1 heterocycles. The quantitative estimate of drug-likeness (QED) is 0.782. The molecule has 0 radical (unpaired) electrons. The first-order valence-electron chi connectivity index (χ1n) is 4.57. The largest absolute Gasteiger partial charge is 0.505 e. The van der Waals surface area contributed by atoms with Crippen LogP contribution in [0.3, 0.4) is 0 Å². The van der Waals surface area contributed by atoms with Gasteiger partial charge in [-0.3, -0.25) is 0 Å². The molecule has 5 heteroatoms. The Balaban J connectivity index is 0.00000112. The minimum absolute atomic E-state index is 0. The zero-order chi connectivity index (χ0) is 10.1. The van der Waals surface area contributed by atoms with Crippen LogP contribution in [0.5, 0.6) is 5.75 Å². The molecule has 1 aliphatic heterocycles. The lowest BCUT2D eigenvalue weighted by Crippen LogP contribution is -2.09. The third-order valence-electron chi connectivity index (χ3n) is 2.59. The Morgan fingerprint density at radius 1 is 1.27 bits per heavy atom. The van der Waals surface area contributed by atoms with Crippen LogP contribution in [-0.4, -0.2) is 18.2 Å². The molecule has 1 atom stereocenters. The van der Waals surface area contributed by atoms with Crippen LogP contribution in [0.1, 0.15) is 17.9 Å². The maximum atomic E-state index is 13.4. The standard InChI is InChI=1S/C10H11F2NO.ClH/c11-9-7(6-3-4-13-5-6)1-2-8(14)10(9)12;/h1-2,6,13-14H,3-5H2;1H. The second-order valence-electron chi connectivity index (χ2n) is 3.49. The van der Waals surface area contributed by atoms with Gasteiger partial charge in [-0.05, 0) is 24.6 Å². The van der Waals surface area contributed by atoms with Crippen LogP contribution < -0.4 is 5.32 Å². The summed E-state index contributed by atoms with van der Waals surface area (Å²) in [6.45, 7) is 1.49.